The van der Waals surface area contributed by atoms with Crippen molar-refractivity contribution in [3.63, 3.8) is 0 Å². The number of aromatic amines is 1. The van der Waals surface area contributed by atoms with E-state index in [1.807, 2.05) is 12.3 Å². The molecule has 1 aliphatic rings. The molecule has 1 saturated heterocycles. The van der Waals surface area contributed by atoms with E-state index in [9.17, 15) is 0 Å². The number of nitrogens with zero attached hydrogens (tertiary/aromatic N) is 2. The molecular weight excluding hydrogens is 246 g/mol. The van der Waals surface area contributed by atoms with Crippen LogP contribution in [0.4, 0.5) is 0 Å². The van der Waals surface area contributed by atoms with Gasteiger partial charge < -0.3 is 14.3 Å². The SMILES string of the molecule is S=c1[nH]c2cnccc2n1CCC1CCCCO1. The minimum atomic E-state index is 0.396. The van der Waals surface area contributed by atoms with Crippen molar-refractivity contribution in [2.75, 3.05) is 6.61 Å². The topological polar surface area (TPSA) is 42.8 Å². The van der Waals surface area contributed by atoms with E-state index in [1.165, 1.54) is 19.3 Å². The summed E-state index contributed by atoms with van der Waals surface area (Å²) >= 11 is 5.36. The largest absolute Gasteiger partial charge is 0.378 e. The van der Waals surface area contributed by atoms with Gasteiger partial charge in [-0.3, -0.25) is 4.98 Å². The Morgan fingerprint density at radius 1 is 1.50 bits per heavy atom. The summed E-state index contributed by atoms with van der Waals surface area (Å²) in [6.45, 7) is 1.82. The average Bonchev–Trinajstić information content (AvgIpc) is 2.73. The molecule has 0 amide bonds. The molecule has 2 aromatic rings. The lowest BCUT2D eigenvalue weighted by molar-refractivity contribution is 0.00892. The highest BCUT2D eigenvalue weighted by Crippen LogP contribution is 2.18. The van der Waals surface area contributed by atoms with Crippen molar-refractivity contribution in [2.45, 2.75) is 38.3 Å². The normalized spacial score (nSPS) is 20.3. The van der Waals surface area contributed by atoms with Crippen molar-refractivity contribution in [1.82, 2.24) is 14.5 Å². The lowest BCUT2D eigenvalue weighted by Crippen LogP contribution is -2.20. The van der Waals surface area contributed by atoms with Crippen LogP contribution in [0.25, 0.3) is 11.0 Å². The summed E-state index contributed by atoms with van der Waals surface area (Å²) in [6.07, 6.45) is 8.72. The van der Waals surface area contributed by atoms with E-state index in [0.717, 1.165) is 35.4 Å². The maximum absolute atomic E-state index is 5.76. The number of fused-ring (bicyclic) bond motifs is 1. The fraction of sp³-hybridized carbons (Fsp3) is 0.538. The van der Waals surface area contributed by atoms with Crippen LogP contribution in [-0.2, 0) is 11.3 Å². The first-order valence-electron chi connectivity index (χ1n) is 6.49. The van der Waals surface area contributed by atoms with Gasteiger partial charge in [0.1, 0.15) is 0 Å². The van der Waals surface area contributed by atoms with Crippen molar-refractivity contribution in [3.05, 3.63) is 23.2 Å². The van der Waals surface area contributed by atoms with E-state index < -0.39 is 0 Å². The Balaban J connectivity index is 1.77. The number of H-pyrrole nitrogens is 1. The highest BCUT2D eigenvalue weighted by molar-refractivity contribution is 7.71. The fourth-order valence-corrected chi connectivity index (χ4v) is 2.84. The molecule has 3 heterocycles. The Bertz CT molecular complexity index is 583. The van der Waals surface area contributed by atoms with E-state index >= 15 is 0 Å². The van der Waals surface area contributed by atoms with E-state index in [0.29, 0.717) is 6.10 Å². The van der Waals surface area contributed by atoms with E-state index in [1.54, 1.807) is 6.20 Å². The zero-order chi connectivity index (χ0) is 12.4. The summed E-state index contributed by atoms with van der Waals surface area (Å²) in [7, 11) is 0. The third-order valence-electron chi connectivity index (χ3n) is 3.52. The lowest BCUT2D eigenvalue weighted by Gasteiger charge is -2.22. The van der Waals surface area contributed by atoms with Gasteiger partial charge >= 0.3 is 0 Å². The molecule has 4 nitrogen and oxygen atoms in total. The summed E-state index contributed by atoms with van der Waals surface area (Å²) in [5, 5.41) is 0. The van der Waals surface area contributed by atoms with Gasteiger partial charge in [-0.2, -0.15) is 0 Å². The highest BCUT2D eigenvalue weighted by atomic mass is 32.1. The van der Waals surface area contributed by atoms with E-state index in [-0.39, 0.29) is 0 Å². The third-order valence-corrected chi connectivity index (χ3v) is 3.85. The molecular formula is C13H17N3OS. The van der Waals surface area contributed by atoms with Crippen LogP contribution in [0.3, 0.4) is 0 Å². The summed E-state index contributed by atoms with van der Waals surface area (Å²) in [6, 6.07) is 2.00. The van der Waals surface area contributed by atoms with Gasteiger partial charge in [-0.25, -0.2) is 0 Å². The maximum Gasteiger partial charge on any atom is 0.178 e. The quantitative estimate of drug-likeness (QED) is 0.865. The molecule has 18 heavy (non-hydrogen) atoms. The molecule has 0 bridgehead atoms. The molecule has 96 valence electrons. The summed E-state index contributed by atoms with van der Waals surface area (Å²) < 4.78 is 8.67. The van der Waals surface area contributed by atoms with Gasteiger partial charge in [-0.05, 0) is 44.0 Å². The van der Waals surface area contributed by atoms with Gasteiger partial charge in [0.25, 0.3) is 0 Å². The Kier molecular flexibility index (Phi) is 3.43. The minimum absolute atomic E-state index is 0.396. The highest BCUT2D eigenvalue weighted by Gasteiger charge is 2.14. The number of ether oxygens (including phenoxy) is 1. The molecule has 0 aliphatic carbocycles. The van der Waals surface area contributed by atoms with Crippen LogP contribution in [0, 0.1) is 4.77 Å². The standard InChI is InChI=1S/C13H17N3OS/c18-13-15-11-9-14-6-4-12(11)16(13)7-5-10-3-1-2-8-17-10/h4,6,9-10H,1-3,5,7-8H2,(H,15,18). The van der Waals surface area contributed by atoms with Crippen molar-refractivity contribution in [3.8, 4) is 0 Å². The smallest absolute Gasteiger partial charge is 0.178 e. The first-order chi connectivity index (χ1) is 8.84. The van der Waals surface area contributed by atoms with Crippen LogP contribution in [0.15, 0.2) is 18.5 Å². The van der Waals surface area contributed by atoms with Crippen molar-refractivity contribution in [2.24, 2.45) is 0 Å². The molecule has 1 N–H and O–H groups in total. The maximum atomic E-state index is 5.76. The molecule has 0 radical (unpaired) electrons. The van der Waals surface area contributed by atoms with Crippen molar-refractivity contribution < 1.29 is 4.74 Å². The Labute approximate surface area is 111 Å². The number of hydrogen-bond donors (Lipinski definition) is 1. The lowest BCUT2D eigenvalue weighted by atomic mass is 10.1. The number of nitrogens with one attached hydrogen (secondary N) is 1. The molecule has 5 heteroatoms. The second-order valence-corrected chi connectivity index (χ2v) is 5.14. The molecule has 1 atom stereocenters. The fourth-order valence-electron chi connectivity index (χ4n) is 2.54. The third kappa shape index (κ3) is 2.33. The Morgan fingerprint density at radius 2 is 2.44 bits per heavy atom. The average molecular weight is 263 g/mol. The van der Waals surface area contributed by atoms with Crippen molar-refractivity contribution in [1.29, 1.82) is 0 Å². The van der Waals surface area contributed by atoms with Crippen molar-refractivity contribution >= 4 is 23.3 Å². The van der Waals surface area contributed by atoms with Gasteiger partial charge in [0.15, 0.2) is 4.77 Å². The number of imidazole rings is 1. The molecule has 0 aromatic carbocycles. The number of aromatic nitrogens is 3. The second kappa shape index (κ2) is 5.20. The molecule has 3 rings (SSSR count). The van der Waals surface area contributed by atoms with E-state index in [4.69, 9.17) is 17.0 Å². The number of rotatable bonds is 3. The molecule has 2 aromatic heterocycles. The van der Waals surface area contributed by atoms with Gasteiger partial charge in [0, 0.05) is 19.3 Å². The predicted molar refractivity (Wildman–Crippen MR) is 73.1 cm³/mol. The van der Waals surface area contributed by atoms with Crippen LogP contribution < -0.4 is 0 Å². The molecule has 1 fully saturated rings. The Morgan fingerprint density at radius 3 is 3.28 bits per heavy atom. The van der Waals surface area contributed by atoms with Gasteiger partial charge in [-0.15, -0.1) is 0 Å². The van der Waals surface area contributed by atoms with Gasteiger partial charge in [-0.1, -0.05) is 0 Å². The van der Waals surface area contributed by atoms with Crippen LogP contribution in [0.1, 0.15) is 25.7 Å². The van der Waals surface area contributed by atoms with Crippen LogP contribution in [-0.4, -0.2) is 27.2 Å². The molecule has 0 saturated carbocycles. The Hall–Kier alpha value is -1.20. The number of pyridine rings is 1. The molecule has 1 unspecified atom stereocenters. The molecule has 0 spiro atoms. The van der Waals surface area contributed by atoms with Crippen LogP contribution in [0.2, 0.25) is 0 Å². The zero-order valence-corrected chi connectivity index (χ0v) is 11.1. The predicted octanol–water partition coefficient (Wildman–Crippen LogP) is 3.05. The zero-order valence-electron chi connectivity index (χ0n) is 10.3. The number of aryl methyl sites for hydroxylation is 1. The van der Waals surface area contributed by atoms with E-state index in [2.05, 4.69) is 14.5 Å². The second-order valence-electron chi connectivity index (χ2n) is 4.75. The first-order valence-corrected chi connectivity index (χ1v) is 6.89. The summed E-state index contributed by atoms with van der Waals surface area (Å²) in [5.41, 5.74) is 2.14. The van der Waals surface area contributed by atoms with Crippen LogP contribution >= 0.6 is 12.2 Å². The van der Waals surface area contributed by atoms with Gasteiger partial charge in [0.2, 0.25) is 0 Å². The monoisotopic (exact) mass is 263 g/mol. The van der Waals surface area contributed by atoms with Gasteiger partial charge in [0.05, 0.1) is 23.3 Å². The van der Waals surface area contributed by atoms with Crippen LogP contribution in [0.5, 0.6) is 0 Å². The summed E-state index contributed by atoms with van der Waals surface area (Å²) in [5.74, 6) is 0. The number of hydrogen-bond acceptors (Lipinski definition) is 3. The molecule has 1 aliphatic heterocycles. The summed E-state index contributed by atoms with van der Waals surface area (Å²) in [4.78, 5) is 7.29. The minimum Gasteiger partial charge on any atom is -0.378 e. The first kappa shape index (κ1) is 11.9.